The van der Waals surface area contributed by atoms with Gasteiger partial charge >= 0.3 is 0 Å². The molecule has 158 valence electrons. The molecule has 3 amide bonds. The topological polar surface area (TPSA) is 97.2 Å². The summed E-state index contributed by atoms with van der Waals surface area (Å²) in [5, 5.41) is 10.9. The number of amides is 3. The number of thioether (sulfide) groups is 1. The van der Waals surface area contributed by atoms with Crippen molar-refractivity contribution in [3.8, 4) is 0 Å². The molecule has 2 heterocycles. The highest BCUT2D eigenvalue weighted by molar-refractivity contribution is 8.18. The van der Waals surface area contributed by atoms with E-state index in [0.29, 0.717) is 21.1 Å². The van der Waals surface area contributed by atoms with Crippen LogP contribution in [0.1, 0.15) is 5.56 Å². The van der Waals surface area contributed by atoms with Gasteiger partial charge in [0.15, 0.2) is 0 Å². The van der Waals surface area contributed by atoms with Crippen LogP contribution in [0.25, 0.3) is 17.1 Å². The number of imide groups is 1. The van der Waals surface area contributed by atoms with Crippen LogP contribution in [0, 0.1) is 0 Å². The molecule has 0 bridgehead atoms. The van der Waals surface area contributed by atoms with Gasteiger partial charge in [0.1, 0.15) is 12.1 Å². The number of aromatic nitrogens is 3. The molecule has 0 atom stereocenters. The number of para-hydroxylation sites is 1. The average molecular weight is 476 g/mol. The summed E-state index contributed by atoms with van der Waals surface area (Å²) >= 11 is 13.0. The molecule has 11 heteroatoms. The Morgan fingerprint density at radius 3 is 2.77 bits per heavy atom. The first kappa shape index (κ1) is 21.4. The number of nitrogens with zero attached hydrogens (tertiary/aromatic N) is 4. The van der Waals surface area contributed by atoms with Crippen LogP contribution >= 0.6 is 35.0 Å². The zero-order valence-corrected chi connectivity index (χ0v) is 18.2. The largest absolute Gasteiger partial charge is 0.353 e. The van der Waals surface area contributed by atoms with Crippen LogP contribution in [0.2, 0.25) is 10.0 Å². The number of hydrogen-bond donors (Lipinski definition) is 1. The highest BCUT2D eigenvalue weighted by Crippen LogP contribution is 2.34. The highest BCUT2D eigenvalue weighted by Gasteiger charge is 2.34. The van der Waals surface area contributed by atoms with E-state index in [0.717, 1.165) is 22.2 Å². The maximum absolute atomic E-state index is 12.6. The van der Waals surface area contributed by atoms with E-state index in [1.54, 1.807) is 24.3 Å². The molecule has 3 aromatic rings. The number of halogens is 2. The summed E-state index contributed by atoms with van der Waals surface area (Å²) in [6, 6.07) is 12.4. The van der Waals surface area contributed by atoms with E-state index in [1.165, 1.54) is 10.8 Å². The predicted octanol–water partition coefficient (Wildman–Crippen LogP) is 3.59. The number of benzene rings is 2. The number of hydrogen-bond acceptors (Lipinski definition) is 6. The maximum Gasteiger partial charge on any atom is 0.293 e. The Balaban J connectivity index is 1.35. The van der Waals surface area contributed by atoms with E-state index in [9.17, 15) is 14.4 Å². The molecule has 1 aliphatic heterocycles. The second-order valence-corrected chi connectivity index (χ2v) is 8.34. The molecule has 0 saturated carbocycles. The lowest BCUT2D eigenvalue weighted by Gasteiger charge is -2.13. The minimum Gasteiger partial charge on any atom is -0.353 e. The molecule has 0 radical (unpaired) electrons. The molecule has 1 aliphatic rings. The van der Waals surface area contributed by atoms with E-state index in [1.807, 2.05) is 18.2 Å². The van der Waals surface area contributed by atoms with E-state index in [-0.39, 0.29) is 30.4 Å². The molecule has 1 fully saturated rings. The van der Waals surface area contributed by atoms with Gasteiger partial charge in [0.05, 0.1) is 20.5 Å². The van der Waals surface area contributed by atoms with Gasteiger partial charge in [-0.3, -0.25) is 19.3 Å². The van der Waals surface area contributed by atoms with Crippen LogP contribution in [0.5, 0.6) is 0 Å². The summed E-state index contributed by atoms with van der Waals surface area (Å²) in [6.07, 6.45) is 1.54. The number of carbonyl (C=O) groups is 3. The molecule has 8 nitrogen and oxygen atoms in total. The number of nitrogens with one attached hydrogen (secondary N) is 1. The van der Waals surface area contributed by atoms with Gasteiger partial charge < -0.3 is 5.32 Å². The molecule has 2 aromatic carbocycles. The monoisotopic (exact) mass is 475 g/mol. The lowest BCUT2D eigenvalue weighted by Crippen LogP contribution is -2.38. The summed E-state index contributed by atoms with van der Waals surface area (Å²) in [5.41, 5.74) is 1.99. The second kappa shape index (κ2) is 9.09. The van der Waals surface area contributed by atoms with Crippen molar-refractivity contribution in [1.29, 1.82) is 0 Å². The third-order valence-electron chi connectivity index (χ3n) is 4.51. The van der Waals surface area contributed by atoms with Crippen molar-refractivity contribution in [2.75, 3.05) is 13.1 Å². The molecule has 0 unspecified atom stereocenters. The summed E-state index contributed by atoms with van der Waals surface area (Å²) in [5.74, 6) is -0.744. The fourth-order valence-electron chi connectivity index (χ4n) is 3.00. The normalized spacial score (nSPS) is 15.3. The lowest BCUT2D eigenvalue weighted by molar-refractivity contribution is -0.124. The van der Waals surface area contributed by atoms with Crippen LogP contribution in [-0.2, 0) is 16.1 Å². The molecule has 0 aliphatic carbocycles. The summed E-state index contributed by atoms with van der Waals surface area (Å²) < 4.78 is 1.49. The van der Waals surface area contributed by atoms with Gasteiger partial charge in [-0.2, -0.15) is 0 Å². The smallest absolute Gasteiger partial charge is 0.293 e. The second-order valence-electron chi connectivity index (χ2n) is 6.56. The van der Waals surface area contributed by atoms with E-state index < -0.39 is 11.1 Å². The van der Waals surface area contributed by atoms with Gasteiger partial charge in [-0.1, -0.05) is 52.7 Å². The van der Waals surface area contributed by atoms with E-state index in [4.69, 9.17) is 23.2 Å². The van der Waals surface area contributed by atoms with Gasteiger partial charge in [-0.05, 0) is 41.6 Å². The average Bonchev–Trinajstić information content (AvgIpc) is 3.27. The first-order chi connectivity index (χ1) is 14.9. The van der Waals surface area contributed by atoms with Crippen molar-refractivity contribution >= 4 is 69.1 Å². The van der Waals surface area contributed by atoms with Crippen LogP contribution in [-0.4, -0.2) is 50.0 Å². The van der Waals surface area contributed by atoms with E-state index in [2.05, 4.69) is 15.6 Å². The van der Waals surface area contributed by atoms with Crippen molar-refractivity contribution in [3.63, 3.8) is 0 Å². The molecule has 1 N–H and O–H groups in total. The lowest BCUT2D eigenvalue weighted by atomic mass is 10.2. The number of fused-ring (bicyclic) bond motifs is 1. The Kier molecular flexibility index (Phi) is 6.26. The standard InChI is InChI=1S/C20H15Cl2N5O3S/c21-13-5-3-4-12(18(13)22)10-16-19(29)26(20(30)31-16)9-8-23-17(28)11-27-15-7-2-1-6-14(15)24-25-27/h1-7,10H,8-9,11H2,(H,23,28)/b16-10-. The van der Waals surface area contributed by atoms with Gasteiger partial charge in [0.2, 0.25) is 5.91 Å². The fourth-order valence-corrected chi connectivity index (χ4v) is 4.22. The number of rotatable bonds is 6. The predicted molar refractivity (Wildman–Crippen MR) is 120 cm³/mol. The Morgan fingerprint density at radius 1 is 1.13 bits per heavy atom. The Morgan fingerprint density at radius 2 is 1.94 bits per heavy atom. The summed E-state index contributed by atoms with van der Waals surface area (Å²) in [4.78, 5) is 38.4. The first-order valence-corrected chi connectivity index (χ1v) is 10.8. The van der Waals surface area contributed by atoms with Crippen molar-refractivity contribution in [2.45, 2.75) is 6.54 Å². The fraction of sp³-hybridized carbons (Fsp3) is 0.150. The molecule has 0 spiro atoms. The minimum absolute atomic E-state index is 0.0183. The van der Waals surface area contributed by atoms with E-state index >= 15 is 0 Å². The minimum atomic E-state index is -0.442. The first-order valence-electron chi connectivity index (χ1n) is 9.18. The number of carbonyl (C=O) groups excluding carboxylic acids is 3. The van der Waals surface area contributed by atoms with Crippen LogP contribution in [0.15, 0.2) is 47.4 Å². The third kappa shape index (κ3) is 4.58. The zero-order chi connectivity index (χ0) is 22.0. The van der Waals surface area contributed by atoms with Crippen LogP contribution in [0.3, 0.4) is 0 Å². The summed E-state index contributed by atoms with van der Waals surface area (Å²) in [7, 11) is 0. The van der Waals surface area contributed by atoms with Crippen molar-refractivity contribution in [2.24, 2.45) is 0 Å². The molecule has 4 rings (SSSR count). The van der Waals surface area contributed by atoms with Gasteiger partial charge in [0.25, 0.3) is 11.1 Å². The van der Waals surface area contributed by atoms with Gasteiger partial charge in [0, 0.05) is 13.1 Å². The molecule has 31 heavy (non-hydrogen) atoms. The Labute approximate surface area is 191 Å². The maximum atomic E-state index is 12.6. The third-order valence-corrected chi connectivity index (χ3v) is 6.25. The van der Waals surface area contributed by atoms with Gasteiger partial charge in [-0.15, -0.1) is 5.10 Å². The summed E-state index contributed by atoms with van der Waals surface area (Å²) in [6.45, 7) is 0.152. The Hall–Kier alpha value is -2.88. The van der Waals surface area contributed by atoms with Crippen LogP contribution in [0.4, 0.5) is 4.79 Å². The molecule has 1 saturated heterocycles. The SMILES string of the molecule is O=C(Cn1nnc2ccccc21)NCCN1C(=O)S/C(=C\c2cccc(Cl)c2Cl)C1=O. The van der Waals surface area contributed by atoms with Crippen molar-refractivity contribution in [1.82, 2.24) is 25.2 Å². The quantitative estimate of drug-likeness (QED) is 0.547. The van der Waals surface area contributed by atoms with Gasteiger partial charge in [-0.25, -0.2) is 4.68 Å². The van der Waals surface area contributed by atoms with Crippen LogP contribution < -0.4 is 5.32 Å². The molecule has 1 aromatic heterocycles. The molecular formula is C20H15Cl2N5O3S. The van der Waals surface area contributed by atoms with Crippen molar-refractivity contribution < 1.29 is 14.4 Å². The zero-order valence-electron chi connectivity index (χ0n) is 15.9. The van der Waals surface area contributed by atoms with Crippen molar-refractivity contribution in [3.05, 3.63) is 63.0 Å². The Bertz CT molecular complexity index is 1230. The highest BCUT2D eigenvalue weighted by atomic mass is 35.5. The molecular weight excluding hydrogens is 461 g/mol.